The fourth-order valence-electron chi connectivity index (χ4n) is 0. The van der Waals surface area contributed by atoms with Crippen LogP contribution < -0.4 is 0 Å². The molecule has 0 saturated carbocycles. The summed E-state index contributed by atoms with van der Waals surface area (Å²) >= 11 is 0. The highest BCUT2D eigenvalue weighted by Crippen LogP contribution is 1.93. The van der Waals surface area contributed by atoms with Crippen molar-refractivity contribution in [3.05, 3.63) is 0 Å². The molecule has 0 N–H and O–H groups in total. The maximum Gasteiger partial charge on any atom is -0.00550 e. The first-order chi connectivity index (χ1) is 6.50. The minimum absolute atomic E-state index is 0. The zero-order chi connectivity index (χ0) is 14.0. The molecule has 132 valence electrons. The van der Waals surface area contributed by atoms with Crippen molar-refractivity contribution in [3.63, 3.8) is 0 Å². The molecule has 0 fully saturated rings. The van der Waals surface area contributed by atoms with Gasteiger partial charge in [0, 0.05) is 0 Å². The standard InChI is InChI=1S/4CH4.2H18Si8/c;;;;2*1-7(2,3)8(4,5)6/h4*1H4;2*1-6H3. The van der Waals surface area contributed by atoms with Crippen molar-refractivity contribution in [2.45, 2.75) is 29.7 Å². The van der Waals surface area contributed by atoms with Crippen molar-refractivity contribution in [1.29, 1.82) is 0 Å². The molecule has 0 nitrogen and oxygen atoms in total. The molecule has 0 aromatic rings. The monoisotopic (exact) mass is 548 g/mol. The summed E-state index contributed by atoms with van der Waals surface area (Å²) in [6.07, 6.45) is -0.472. The van der Waals surface area contributed by atoms with Crippen molar-refractivity contribution in [2.24, 2.45) is 0 Å². The van der Waals surface area contributed by atoms with E-state index in [1.54, 1.807) is 117 Å². The van der Waals surface area contributed by atoms with Crippen LogP contribution in [0.1, 0.15) is 29.7 Å². The van der Waals surface area contributed by atoms with Gasteiger partial charge in [-0.3, -0.25) is 0 Å². The number of hydrogen-bond donors (Lipinski definition) is 0. The Morgan fingerprint density at radius 1 is 0.250 bits per heavy atom. The molecule has 0 amide bonds. The molecule has 0 aliphatic rings. The predicted molar refractivity (Wildman–Crippen MR) is 169 cm³/mol. The van der Waals surface area contributed by atoms with Crippen molar-refractivity contribution in [2.75, 3.05) is 0 Å². The predicted octanol–water partition coefficient (Wildman–Crippen LogP) is -13.2. The maximum absolute atomic E-state index is 1.72. The molecule has 0 spiro atoms. The molecule has 0 aliphatic heterocycles. The Balaban J connectivity index is -0.0000000408. The molecule has 20 heavy (non-hydrogen) atoms. The van der Waals surface area contributed by atoms with E-state index in [0.717, 1.165) is 0 Å². The second-order valence-electron chi connectivity index (χ2n) is 9.00. The largest absolute Gasteiger partial charge is 0.0776 e. The van der Waals surface area contributed by atoms with Crippen LogP contribution in [0.3, 0.4) is 0 Å². The van der Waals surface area contributed by atoms with Crippen LogP contribution in [0.2, 0.25) is 0 Å². The van der Waals surface area contributed by atoms with Crippen LogP contribution in [0.15, 0.2) is 0 Å². The lowest BCUT2D eigenvalue weighted by atomic mass is 12.0. The van der Waals surface area contributed by atoms with Gasteiger partial charge in [0.15, 0.2) is 0 Å². The summed E-state index contributed by atoms with van der Waals surface area (Å²) in [7, 11) is 20.6. The second-order valence-corrected chi connectivity index (χ2v) is 243. The second kappa shape index (κ2) is 13.7. The van der Waals surface area contributed by atoms with E-state index >= 15 is 0 Å². The molecule has 0 aromatic heterocycles. The van der Waals surface area contributed by atoms with Gasteiger partial charge in [0.25, 0.3) is 0 Å². The SMILES string of the molecule is C.C.C.C.[SiH3][Si]([SiH3])([SiH3])[Si]([SiH3])([SiH3])[SiH3].[SiH3][Si]([SiH3])([SiH3])[Si]([SiH3])([SiH3])[SiH3]. The Labute approximate surface area is 169 Å². The van der Waals surface area contributed by atoms with Crippen LogP contribution in [0, 0.1) is 0 Å². The average molecular weight is 550 g/mol. The fourth-order valence-corrected chi connectivity index (χ4v) is 0. The van der Waals surface area contributed by atoms with Gasteiger partial charge >= 0.3 is 0 Å². The zero-order valence-electron chi connectivity index (χ0n) is 14.0. The lowest BCUT2D eigenvalue weighted by Gasteiger charge is -2.31. The number of hydrogen-bond acceptors (Lipinski definition) is 0. The third-order valence-corrected chi connectivity index (χ3v) is 364. The van der Waals surface area contributed by atoms with Gasteiger partial charge in [0.05, 0.1) is 0 Å². The summed E-state index contributed by atoms with van der Waals surface area (Å²) in [5, 5.41) is 0. The quantitative estimate of drug-likeness (QED) is 0.300. The van der Waals surface area contributed by atoms with E-state index in [9.17, 15) is 0 Å². The maximum atomic E-state index is 1.72. The van der Waals surface area contributed by atoms with Crippen molar-refractivity contribution in [3.8, 4) is 0 Å². The van der Waals surface area contributed by atoms with E-state index in [1.807, 2.05) is 0 Å². The van der Waals surface area contributed by atoms with Crippen LogP contribution in [0.4, 0.5) is 0 Å². The van der Waals surface area contributed by atoms with Gasteiger partial charge < -0.3 is 0 Å². The molecular formula is C4H52Si16. The van der Waals surface area contributed by atoms with Gasteiger partial charge in [-0.2, -0.15) is 0 Å². The molecule has 0 atom stereocenters. The Kier molecular flexibility index (Phi) is 26.6. The highest BCUT2D eigenvalue weighted by molar-refractivity contribution is 8.07. The van der Waals surface area contributed by atoms with Gasteiger partial charge in [-0.1, -0.05) is 29.7 Å². The van der Waals surface area contributed by atoms with Crippen molar-refractivity contribution >= 4 is 142 Å². The third kappa shape index (κ3) is 19.5. The van der Waals surface area contributed by atoms with Crippen LogP contribution in [0.5, 0.6) is 0 Å². The van der Waals surface area contributed by atoms with Crippen LogP contribution >= 0.6 is 0 Å². The van der Waals surface area contributed by atoms with E-state index in [2.05, 4.69) is 0 Å². The normalized spacial score (nSPS) is 22.8. The Morgan fingerprint density at radius 2 is 0.300 bits per heavy atom. The highest BCUT2D eigenvalue weighted by atomic mass is 30.4. The Morgan fingerprint density at radius 3 is 0.300 bits per heavy atom. The van der Waals surface area contributed by atoms with E-state index < -0.39 is 0 Å². The first kappa shape index (κ1) is 38.8. The van der Waals surface area contributed by atoms with Crippen molar-refractivity contribution < 1.29 is 0 Å². The molecule has 0 bridgehead atoms. The summed E-state index contributed by atoms with van der Waals surface area (Å²) in [6.45, 7) is 0. The Hall–Kier alpha value is 3.47. The van der Waals surface area contributed by atoms with E-state index in [4.69, 9.17) is 0 Å². The lowest BCUT2D eigenvalue weighted by Crippen LogP contribution is -2.68. The summed E-state index contributed by atoms with van der Waals surface area (Å²) < 4.78 is 0. The fraction of sp³-hybridized carbons (Fsp3) is 1.00. The van der Waals surface area contributed by atoms with Crippen LogP contribution in [-0.2, 0) is 0 Å². The molecule has 0 unspecified atom stereocenters. The summed E-state index contributed by atoms with van der Waals surface area (Å²) in [6, 6.07) is 0. The zero-order valence-corrected chi connectivity index (χ0v) is 42.0. The molecular weight excluding hydrogens is 497 g/mol. The number of rotatable bonds is 2. The average Bonchev–Trinajstić information content (AvgIpc) is 1.77. The van der Waals surface area contributed by atoms with E-state index in [-0.39, 0.29) is 54.3 Å². The van der Waals surface area contributed by atoms with Crippen LogP contribution in [-0.4, -0.2) is 142 Å². The molecule has 0 aromatic carbocycles. The first-order valence-electron chi connectivity index (χ1n) is 6.50. The molecule has 0 radical (unpaired) electrons. The minimum Gasteiger partial charge on any atom is -0.0776 e. The van der Waals surface area contributed by atoms with Gasteiger partial charge in [0.2, 0.25) is 0 Å². The summed E-state index contributed by atoms with van der Waals surface area (Å²) in [4.78, 5) is 0. The van der Waals surface area contributed by atoms with Crippen molar-refractivity contribution in [1.82, 2.24) is 0 Å². The smallest absolute Gasteiger partial charge is 0.00550 e. The highest BCUT2D eigenvalue weighted by Gasteiger charge is 2.31. The molecule has 0 saturated heterocycles. The third-order valence-electron chi connectivity index (χ3n) is 4.50. The molecule has 0 rings (SSSR count). The first-order valence-corrected chi connectivity index (χ1v) is 58.5. The van der Waals surface area contributed by atoms with E-state index in [1.165, 1.54) is 0 Å². The topological polar surface area (TPSA) is 0 Å². The molecule has 0 heterocycles. The lowest BCUT2D eigenvalue weighted by molar-refractivity contribution is 2.50. The molecule has 0 aliphatic carbocycles. The Bertz CT molecular complexity index is 148. The minimum atomic E-state index is -0.118. The van der Waals surface area contributed by atoms with Gasteiger partial charge in [0.1, 0.15) is 0 Å². The molecule has 16 heteroatoms. The van der Waals surface area contributed by atoms with Gasteiger partial charge in [-0.05, 0) is 142 Å². The summed E-state index contributed by atoms with van der Waals surface area (Å²) in [5.74, 6) is 0. The van der Waals surface area contributed by atoms with Crippen LogP contribution in [0.25, 0.3) is 0 Å². The van der Waals surface area contributed by atoms with Gasteiger partial charge in [-0.25, -0.2) is 0 Å². The van der Waals surface area contributed by atoms with Gasteiger partial charge in [-0.15, -0.1) is 0 Å². The summed E-state index contributed by atoms with van der Waals surface area (Å²) in [5.41, 5.74) is 0. The van der Waals surface area contributed by atoms with E-state index in [0.29, 0.717) is 0 Å².